The molecule has 0 fully saturated rings. The Labute approximate surface area is 119 Å². The molecule has 0 aromatic rings. The van der Waals surface area contributed by atoms with E-state index in [1.54, 1.807) is 0 Å². The Bertz CT molecular complexity index is 207. The molecular formula is C16H33NO2. The SMILES string of the molecule is CCCCCCCCCCCC(CCCC)[N+](=O)[O-]. The van der Waals surface area contributed by atoms with Gasteiger partial charge in [-0.2, -0.15) is 0 Å². The second-order valence-corrected chi connectivity index (χ2v) is 5.70. The standard InChI is InChI=1S/C16H33NO2/c1-3-5-7-8-9-10-11-12-13-15-16(17(18)19)14-6-4-2/h16H,3-15H2,1-2H3. The first kappa shape index (κ1) is 18.4. The van der Waals surface area contributed by atoms with E-state index >= 15 is 0 Å². The number of rotatable bonds is 14. The van der Waals surface area contributed by atoms with E-state index in [9.17, 15) is 10.1 Å². The Morgan fingerprint density at radius 2 is 1.16 bits per heavy atom. The van der Waals surface area contributed by atoms with E-state index in [0.29, 0.717) is 0 Å². The summed E-state index contributed by atoms with van der Waals surface area (Å²) in [6.45, 7) is 4.33. The lowest BCUT2D eigenvalue weighted by molar-refractivity contribution is -0.524. The van der Waals surface area contributed by atoms with Gasteiger partial charge >= 0.3 is 0 Å². The summed E-state index contributed by atoms with van der Waals surface area (Å²) in [5.74, 6) is 0. The number of nitro groups is 1. The van der Waals surface area contributed by atoms with Crippen LogP contribution in [0.5, 0.6) is 0 Å². The third kappa shape index (κ3) is 12.2. The molecule has 114 valence electrons. The van der Waals surface area contributed by atoms with Crippen LogP contribution in [0.15, 0.2) is 0 Å². The minimum absolute atomic E-state index is 0.0690. The summed E-state index contributed by atoms with van der Waals surface area (Å²) < 4.78 is 0. The number of unbranched alkanes of at least 4 members (excludes halogenated alkanes) is 9. The summed E-state index contributed by atoms with van der Waals surface area (Å²) in [6.07, 6.45) is 15.1. The van der Waals surface area contributed by atoms with Gasteiger partial charge in [0.2, 0.25) is 6.04 Å². The van der Waals surface area contributed by atoms with Crippen molar-refractivity contribution < 1.29 is 4.92 Å². The zero-order valence-corrected chi connectivity index (χ0v) is 13.0. The molecule has 0 saturated carbocycles. The third-order valence-electron chi connectivity index (χ3n) is 3.83. The van der Waals surface area contributed by atoms with Crippen LogP contribution >= 0.6 is 0 Å². The molecule has 0 rings (SSSR count). The lowest BCUT2D eigenvalue weighted by atomic mass is 10.0. The fourth-order valence-corrected chi connectivity index (χ4v) is 2.49. The van der Waals surface area contributed by atoms with Gasteiger partial charge in [0.25, 0.3) is 0 Å². The van der Waals surface area contributed by atoms with Crippen LogP contribution in [0.1, 0.15) is 97.3 Å². The largest absolute Gasteiger partial charge is 0.264 e. The van der Waals surface area contributed by atoms with Gasteiger partial charge in [-0.25, -0.2) is 0 Å². The Morgan fingerprint density at radius 3 is 1.63 bits per heavy atom. The molecule has 1 unspecified atom stereocenters. The van der Waals surface area contributed by atoms with Crippen LogP contribution in [0.2, 0.25) is 0 Å². The van der Waals surface area contributed by atoms with Gasteiger partial charge in [0.1, 0.15) is 0 Å². The molecule has 0 saturated heterocycles. The van der Waals surface area contributed by atoms with Gasteiger partial charge in [-0.1, -0.05) is 71.6 Å². The molecular weight excluding hydrogens is 238 g/mol. The van der Waals surface area contributed by atoms with Gasteiger partial charge in [0.15, 0.2) is 0 Å². The molecule has 0 bridgehead atoms. The zero-order chi connectivity index (χ0) is 14.3. The molecule has 0 N–H and O–H groups in total. The van der Waals surface area contributed by atoms with Crippen LogP contribution in [-0.4, -0.2) is 11.0 Å². The summed E-state index contributed by atoms with van der Waals surface area (Å²) in [7, 11) is 0. The van der Waals surface area contributed by atoms with Crippen molar-refractivity contribution in [1.29, 1.82) is 0 Å². The zero-order valence-electron chi connectivity index (χ0n) is 13.0. The van der Waals surface area contributed by atoms with Gasteiger partial charge in [-0.15, -0.1) is 0 Å². The molecule has 0 aliphatic heterocycles. The van der Waals surface area contributed by atoms with Crippen LogP contribution in [0.3, 0.4) is 0 Å². The van der Waals surface area contributed by atoms with Crippen molar-refractivity contribution >= 4 is 0 Å². The summed E-state index contributed by atoms with van der Waals surface area (Å²) in [4.78, 5) is 10.8. The minimum atomic E-state index is -0.287. The van der Waals surface area contributed by atoms with Gasteiger partial charge < -0.3 is 0 Å². The maximum atomic E-state index is 10.9. The number of hydrogen-bond acceptors (Lipinski definition) is 2. The van der Waals surface area contributed by atoms with Crippen molar-refractivity contribution in [1.82, 2.24) is 0 Å². The van der Waals surface area contributed by atoms with E-state index in [0.717, 1.165) is 32.1 Å². The van der Waals surface area contributed by atoms with Gasteiger partial charge in [0.05, 0.1) is 0 Å². The average molecular weight is 271 g/mol. The fourth-order valence-electron chi connectivity index (χ4n) is 2.49. The first-order valence-corrected chi connectivity index (χ1v) is 8.35. The summed E-state index contributed by atoms with van der Waals surface area (Å²) >= 11 is 0. The van der Waals surface area contributed by atoms with Gasteiger partial charge in [-0.3, -0.25) is 10.1 Å². The highest BCUT2D eigenvalue weighted by Gasteiger charge is 2.18. The van der Waals surface area contributed by atoms with Crippen molar-refractivity contribution in [3.63, 3.8) is 0 Å². The van der Waals surface area contributed by atoms with Crippen molar-refractivity contribution in [3.05, 3.63) is 10.1 Å². The van der Waals surface area contributed by atoms with E-state index in [1.807, 2.05) is 0 Å². The Morgan fingerprint density at radius 1 is 0.737 bits per heavy atom. The smallest absolute Gasteiger partial charge is 0.213 e. The maximum Gasteiger partial charge on any atom is 0.213 e. The highest BCUT2D eigenvalue weighted by Crippen LogP contribution is 2.15. The van der Waals surface area contributed by atoms with Crippen LogP contribution in [0.25, 0.3) is 0 Å². The third-order valence-corrected chi connectivity index (χ3v) is 3.83. The van der Waals surface area contributed by atoms with E-state index in [4.69, 9.17) is 0 Å². The van der Waals surface area contributed by atoms with E-state index < -0.39 is 0 Å². The maximum absolute atomic E-state index is 10.9. The number of nitrogens with zero attached hydrogens (tertiary/aromatic N) is 1. The molecule has 0 aromatic heterocycles. The second-order valence-electron chi connectivity index (χ2n) is 5.70. The quantitative estimate of drug-likeness (QED) is 0.229. The molecule has 0 spiro atoms. The molecule has 1 atom stereocenters. The topological polar surface area (TPSA) is 43.1 Å². The predicted octanol–water partition coefficient (Wildman–Crippen LogP) is 5.74. The summed E-state index contributed by atoms with van der Waals surface area (Å²) in [5, 5.41) is 10.9. The average Bonchev–Trinajstić information content (AvgIpc) is 2.39. The Hall–Kier alpha value is -0.600. The van der Waals surface area contributed by atoms with Crippen LogP contribution < -0.4 is 0 Å². The Balaban J connectivity index is 3.37. The van der Waals surface area contributed by atoms with Crippen LogP contribution in [0, 0.1) is 10.1 Å². The van der Waals surface area contributed by atoms with Crippen LogP contribution in [-0.2, 0) is 0 Å². The molecule has 0 amide bonds. The summed E-state index contributed by atoms with van der Waals surface area (Å²) in [5.41, 5.74) is 0. The molecule has 3 nitrogen and oxygen atoms in total. The highest BCUT2D eigenvalue weighted by atomic mass is 16.6. The lowest BCUT2D eigenvalue weighted by Gasteiger charge is -2.08. The molecule has 0 radical (unpaired) electrons. The summed E-state index contributed by atoms with van der Waals surface area (Å²) in [6, 6.07) is -0.287. The molecule has 0 heterocycles. The van der Waals surface area contributed by atoms with Crippen molar-refractivity contribution in [2.24, 2.45) is 0 Å². The fraction of sp³-hybridized carbons (Fsp3) is 1.00. The molecule has 0 aromatic carbocycles. The van der Waals surface area contributed by atoms with E-state index in [1.165, 1.54) is 51.4 Å². The van der Waals surface area contributed by atoms with Crippen molar-refractivity contribution in [3.8, 4) is 0 Å². The first-order valence-electron chi connectivity index (χ1n) is 8.35. The Kier molecular flexibility index (Phi) is 13.4. The normalized spacial score (nSPS) is 12.5. The minimum Gasteiger partial charge on any atom is -0.264 e. The van der Waals surface area contributed by atoms with Gasteiger partial charge in [0, 0.05) is 17.8 Å². The monoisotopic (exact) mass is 271 g/mol. The highest BCUT2D eigenvalue weighted by molar-refractivity contribution is 4.58. The predicted molar refractivity (Wildman–Crippen MR) is 82.2 cm³/mol. The molecule has 3 heteroatoms. The van der Waals surface area contributed by atoms with Gasteiger partial charge in [-0.05, 0) is 12.8 Å². The van der Waals surface area contributed by atoms with Crippen molar-refractivity contribution in [2.45, 2.75) is 103 Å². The lowest BCUT2D eigenvalue weighted by Crippen LogP contribution is -2.19. The van der Waals surface area contributed by atoms with E-state index in [2.05, 4.69) is 13.8 Å². The molecule has 0 aliphatic carbocycles. The molecule has 19 heavy (non-hydrogen) atoms. The van der Waals surface area contributed by atoms with Crippen molar-refractivity contribution in [2.75, 3.05) is 0 Å². The molecule has 0 aliphatic rings. The second kappa shape index (κ2) is 13.8. The first-order chi connectivity index (χ1) is 9.22. The van der Waals surface area contributed by atoms with Crippen LogP contribution in [0.4, 0.5) is 0 Å². The number of hydrogen-bond donors (Lipinski definition) is 0. The van der Waals surface area contributed by atoms with E-state index in [-0.39, 0.29) is 11.0 Å².